The van der Waals surface area contributed by atoms with Crippen molar-refractivity contribution < 1.29 is 19.2 Å². The van der Waals surface area contributed by atoms with Crippen LogP contribution in [0.25, 0.3) is 0 Å². The summed E-state index contributed by atoms with van der Waals surface area (Å²) in [5.41, 5.74) is 2.00. The molecule has 3 aromatic rings. The standard InChI is InChI=1S/C29H28BrClN4O4/c1-33(24-12-10-23(31)11-13-24)29(39)25(16-20-6-3-2-4-7-20)32-26(36)18-34-14-15-35(19-27(34)37)28(38)21-8-5-9-22(30)17-21/h2-13,17,25H,14-16,18-19H2,1H3,(H,32,36)/t25-/m0/s1. The summed E-state index contributed by atoms with van der Waals surface area (Å²) < 4.78 is 0.774. The first-order valence-corrected chi connectivity index (χ1v) is 13.6. The van der Waals surface area contributed by atoms with Gasteiger partial charge in [0.1, 0.15) is 12.6 Å². The van der Waals surface area contributed by atoms with Crippen LogP contribution in [0.2, 0.25) is 5.02 Å². The van der Waals surface area contributed by atoms with Gasteiger partial charge in [-0.3, -0.25) is 19.2 Å². The highest BCUT2D eigenvalue weighted by Gasteiger charge is 2.31. The van der Waals surface area contributed by atoms with Crippen LogP contribution in [-0.4, -0.2) is 72.7 Å². The topological polar surface area (TPSA) is 90.0 Å². The third-order valence-electron chi connectivity index (χ3n) is 6.47. The van der Waals surface area contributed by atoms with E-state index in [4.69, 9.17) is 11.6 Å². The van der Waals surface area contributed by atoms with Gasteiger partial charge in [0.05, 0.1) is 6.54 Å². The van der Waals surface area contributed by atoms with Gasteiger partial charge >= 0.3 is 0 Å². The molecule has 4 rings (SSSR count). The molecule has 1 heterocycles. The molecule has 202 valence electrons. The maximum atomic E-state index is 13.5. The molecule has 0 unspecified atom stereocenters. The number of nitrogens with one attached hydrogen (secondary N) is 1. The van der Waals surface area contributed by atoms with Gasteiger partial charge < -0.3 is 20.0 Å². The van der Waals surface area contributed by atoms with E-state index in [0.717, 1.165) is 10.0 Å². The molecule has 1 aliphatic heterocycles. The quantitative estimate of drug-likeness (QED) is 0.420. The number of benzene rings is 3. The molecule has 1 atom stereocenters. The Labute approximate surface area is 240 Å². The number of piperazine rings is 1. The normalized spacial score (nSPS) is 14.1. The molecule has 0 saturated carbocycles. The fraction of sp³-hybridized carbons (Fsp3) is 0.241. The van der Waals surface area contributed by atoms with Crippen molar-refractivity contribution in [1.82, 2.24) is 15.1 Å². The van der Waals surface area contributed by atoms with Gasteiger partial charge in [-0.05, 0) is 48.0 Å². The first-order valence-electron chi connectivity index (χ1n) is 12.4. The summed E-state index contributed by atoms with van der Waals surface area (Å²) in [5.74, 6) is -1.32. The summed E-state index contributed by atoms with van der Waals surface area (Å²) in [5, 5.41) is 3.38. The summed E-state index contributed by atoms with van der Waals surface area (Å²) >= 11 is 9.34. The average Bonchev–Trinajstić information content (AvgIpc) is 2.93. The molecule has 0 aromatic heterocycles. The molecule has 0 bridgehead atoms. The summed E-state index contributed by atoms with van der Waals surface area (Å²) in [6.45, 7) is 0.190. The highest BCUT2D eigenvalue weighted by atomic mass is 79.9. The molecule has 1 N–H and O–H groups in total. The third-order valence-corrected chi connectivity index (χ3v) is 7.22. The molecular weight excluding hydrogens is 584 g/mol. The predicted molar refractivity (Wildman–Crippen MR) is 154 cm³/mol. The zero-order chi connectivity index (χ0) is 27.9. The first kappa shape index (κ1) is 28.3. The van der Waals surface area contributed by atoms with Gasteiger partial charge in [0.15, 0.2) is 0 Å². The number of carbonyl (C=O) groups excluding carboxylic acids is 4. The zero-order valence-corrected chi connectivity index (χ0v) is 23.7. The van der Waals surface area contributed by atoms with E-state index in [2.05, 4.69) is 21.2 Å². The van der Waals surface area contributed by atoms with Gasteiger partial charge in [0, 0.05) is 47.3 Å². The van der Waals surface area contributed by atoms with Crippen molar-refractivity contribution in [1.29, 1.82) is 0 Å². The molecule has 8 nitrogen and oxygen atoms in total. The Morgan fingerprint density at radius 3 is 2.38 bits per heavy atom. The third kappa shape index (κ3) is 7.46. The number of carbonyl (C=O) groups is 4. The number of hydrogen-bond acceptors (Lipinski definition) is 4. The summed E-state index contributed by atoms with van der Waals surface area (Å²) in [4.78, 5) is 56.5. The predicted octanol–water partition coefficient (Wildman–Crippen LogP) is 3.78. The van der Waals surface area contributed by atoms with E-state index in [1.165, 1.54) is 14.7 Å². The zero-order valence-electron chi connectivity index (χ0n) is 21.3. The lowest BCUT2D eigenvalue weighted by Gasteiger charge is -2.34. The maximum Gasteiger partial charge on any atom is 0.254 e. The Morgan fingerprint density at radius 1 is 1.00 bits per heavy atom. The second-order valence-electron chi connectivity index (χ2n) is 9.24. The lowest BCUT2D eigenvalue weighted by Crippen LogP contribution is -2.56. The van der Waals surface area contributed by atoms with Crippen molar-refractivity contribution in [3.63, 3.8) is 0 Å². The van der Waals surface area contributed by atoms with Crippen molar-refractivity contribution >= 4 is 56.8 Å². The number of halogens is 2. The number of hydrogen-bond donors (Lipinski definition) is 1. The summed E-state index contributed by atoms with van der Waals surface area (Å²) in [7, 11) is 1.64. The van der Waals surface area contributed by atoms with E-state index >= 15 is 0 Å². The molecule has 0 spiro atoms. The van der Waals surface area contributed by atoms with Crippen LogP contribution in [-0.2, 0) is 20.8 Å². The van der Waals surface area contributed by atoms with E-state index in [0.29, 0.717) is 22.8 Å². The van der Waals surface area contributed by atoms with E-state index in [-0.39, 0.29) is 43.8 Å². The van der Waals surface area contributed by atoms with Crippen LogP contribution in [0.3, 0.4) is 0 Å². The van der Waals surface area contributed by atoms with Crippen LogP contribution in [0.5, 0.6) is 0 Å². The number of nitrogens with zero attached hydrogens (tertiary/aromatic N) is 3. The molecule has 1 aliphatic rings. The molecule has 39 heavy (non-hydrogen) atoms. The smallest absolute Gasteiger partial charge is 0.254 e. The van der Waals surface area contributed by atoms with Crippen LogP contribution >= 0.6 is 27.5 Å². The second-order valence-corrected chi connectivity index (χ2v) is 10.6. The van der Waals surface area contributed by atoms with Crippen LogP contribution in [0.4, 0.5) is 5.69 Å². The molecular formula is C29H28BrClN4O4. The minimum absolute atomic E-state index is 0.121. The van der Waals surface area contributed by atoms with Gasteiger partial charge in [-0.1, -0.05) is 63.9 Å². The van der Waals surface area contributed by atoms with Crippen LogP contribution < -0.4 is 10.2 Å². The van der Waals surface area contributed by atoms with Crippen molar-refractivity contribution in [2.24, 2.45) is 0 Å². The van der Waals surface area contributed by atoms with Crippen molar-refractivity contribution in [3.05, 3.63) is 99.5 Å². The van der Waals surface area contributed by atoms with E-state index in [1.54, 1.807) is 49.5 Å². The van der Waals surface area contributed by atoms with Gasteiger partial charge in [0.2, 0.25) is 17.7 Å². The van der Waals surface area contributed by atoms with Crippen molar-refractivity contribution in [2.45, 2.75) is 12.5 Å². The lowest BCUT2D eigenvalue weighted by atomic mass is 10.0. The van der Waals surface area contributed by atoms with Crippen molar-refractivity contribution in [3.8, 4) is 0 Å². The molecule has 0 aliphatic carbocycles. The lowest BCUT2D eigenvalue weighted by molar-refractivity contribution is -0.139. The Balaban J connectivity index is 1.40. The Morgan fingerprint density at radius 2 is 1.72 bits per heavy atom. The minimum Gasteiger partial charge on any atom is -0.342 e. The number of rotatable bonds is 8. The largest absolute Gasteiger partial charge is 0.342 e. The van der Waals surface area contributed by atoms with Crippen molar-refractivity contribution in [2.75, 3.05) is 38.1 Å². The van der Waals surface area contributed by atoms with E-state index in [9.17, 15) is 19.2 Å². The average molecular weight is 612 g/mol. The number of likely N-dealkylation sites (N-methyl/N-ethyl adjacent to an activating group) is 1. The highest BCUT2D eigenvalue weighted by Crippen LogP contribution is 2.19. The summed E-state index contributed by atoms with van der Waals surface area (Å²) in [6.07, 6.45) is 0.284. The fourth-order valence-corrected chi connectivity index (χ4v) is 4.87. The fourth-order valence-electron chi connectivity index (χ4n) is 4.34. The van der Waals surface area contributed by atoms with Crippen LogP contribution in [0, 0.1) is 0 Å². The molecule has 4 amide bonds. The minimum atomic E-state index is -0.852. The van der Waals surface area contributed by atoms with E-state index < -0.39 is 11.9 Å². The maximum absolute atomic E-state index is 13.5. The van der Waals surface area contributed by atoms with E-state index in [1.807, 2.05) is 36.4 Å². The van der Waals surface area contributed by atoms with Gasteiger partial charge in [0.25, 0.3) is 5.91 Å². The molecule has 10 heteroatoms. The SMILES string of the molecule is CN(C(=O)[C@H](Cc1ccccc1)NC(=O)CN1CCN(C(=O)c2cccc(Br)c2)CC1=O)c1ccc(Cl)cc1. The Kier molecular flexibility index (Phi) is 9.37. The van der Waals surface area contributed by atoms with Crippen LogP contribution in [0.15, 0.2) is 83.3 Å². The molecule has 3 aromatic carbocycles. The van der Waals surface area contributed by atoms with Crippen LogP contribution in [0.1, 0.15) is 15.9 Å². The monoisotopic (exact) mass is 610 g/mol. The first-order chi connectivity index (χ1) is 18.7. The second kappa shape index (κ2) is 12.9. The van der Waals surface area contributed by atoms with Gasteiger partial charge in [-0.15, -0.1) is 0 Å². The number of anilines is 1. The highest BCUT2D eigenvalue weighted by molar-refractivity contribution is 9.10. The molecule has 1 fully saturated rings. The van der Waals surface area contributed by atoms with Gasteiger partial charge in [-0.25, -0.2) is 0 Å². The molecule has 0 radical (unpaired) electrons. The van der Waals surface area contributed by atoms with Gasteiger partial charge in [-0.2, -0.15) is 0 Å². The Bertz CT molecular complexity index is 1350. The Hall–Kier alpha value is -3.69. The summed E-state index contributed by atoms with van der Waals surface area (Å²) in [6, 6.07) is 22.4. The number of amides is 4. The molecule has 1 saturated heterocycles.